The van der Waals surface area contributed by atoms with Crippen molar-refractivity contribution in [3.63, 3.8) is 0 Å². The van der Waals surface area contributed by atoms with Gasteiger partial charge in [-0.15, -0.1) is 45.3 Å². The first kappa shape index (κ1) is 80.3. The zero-order valence-corrected chi connectivity index (χ0v) is 79.3. The number of hydrogen-bond donors (Lipinski definition) is 0. The van der Waals surface area contributed by atoms with Gasteiger partial charge < -0.3 is 0 Å². The molecule has 0 spiro atoms. The van der Waals surface area contributed by atoms with Crippen LogP contribution in [0.1, 0.15) is 0 Å². The van der Waals surface area contributed by atoms with Crippen molar-refractivity contribution in [1.82, 2.24) is 0 Å². The lowest BCUT2D eigenvalue weighted by molar-refractivity contribution is 1.59. The summed E-state index contributed by atoms with van der Waals surface area (Å²) in [5, 5.41) is 31.7. The number of benzene rings is 23. The van der Waals surface area contributed by atoms with Gasteiger partial charge in [0.15, 0.2) is 0 Å². The van der Waals surface area contributed by atoms with Gasteiger partial charge in [0.25, 0.3) is 0 Å². The van der Waals surface area contributed by atoms with Crippen LogP contribution < -0.4 is 0 Å². The molecule has 0 saturated heterocycles. The zero-order chi connectivity index (χ0) is 86.6. The molecule has 27 rings (SSSR count). The Bertz CT molecular complexity index is 9220. The van der Waals surface area contributed by atoms with Crippen LogP contribution in [0.2, 0.25) is 0 Å². The van der Waals surface area contributed by atoms with Crippen molar-refractivity contribution < 1.29 is 0 Å². The van der Waals surface area contributed by atoms with E-state index < -0.39 is 0 Å². The third-order valence-corrected chi connectivity index (χ3v) is 32.6. The number of hydrogen-bond acceptors (Lipinski definition) is 4. The molecule has 0 N–H and O–H groups in total. The SMILES string of the molecule is Brc1ccc(-c2c3ccccc3cc3sc4c5ccccc5ccc4c23)cc1.Brc1ccc(-c2ccc(-c3c4ccccc4cc4c3sc3c5ccccc5ccc43)cc2)cc1.Brc1ccc(-c2cccc(-c3cc4c5ccc6ccccc6c5sc4c4ccccc34)c2)cc1.Brc1cccc(-c2cccc(-c3c4ccccc4cc4sc5c6ccccc6ccc5c34)c2)c1. The predicted octanol–water partition coefficient (Wildman–Crippen LogP) is 40.2. The van der Waals surface area contributed by atoms with Gasteiger partial charge in [-0.25, -0.2) is 0 Å². The molecule has 0 aliphatic rings. The van der Waals surface area contributed by atoms with Crippen LogP contribution in [0.3, 0.4) is 0 Å². The average Bonchev–Trinajstić information content (AvgIpc) is 1.59. The maximum Gasteiger partial charge on any atom is 0.0440 e. The first-order valence-corrected chi connectivity index (χ1v) is 49.9. The molecule has 4 heterocycles. The Morgan fingerprint density at radius 3 is 0.923 bits per heavy atom. The van der Waals surface area contributed by atoms with Gasteiger partial charge in [0.05, 0.1) is 0 Å². The standard InChI is InChI=1S/3C32H19BrS.C26H15BrS/c33-25-12-6-10-22(18-25)21-9-5-11-24(17-21)30-26-13-3-2-8-23(26)19-29-31(30)28-16-15-20-7-1-4-14-27(20)32(28)34-29;33-25-16-13-21(14-17-25)20-9-11-23(12-10-20)30-26-7-3-2-6-24(26)19-29-28-18-15-22-5-1-4-8-27(22)31(28)34-32(29)30;33-24-15-12-20(13-16-24)22-7-5-8-23(18-22)29-19-30-28-17-14-21-6-1-2-9-25(21)31(28)34-32(30)27-11-4-3-10-26(27)29;27-19-12-9-17(10-13-19)24-20-7-3-2-6-18(20)15-23-25(24)22-14-11-16-5-1-4-8-21(16)26(22)28-23/h3*1-19H;1-15H. The Kier molecular flexibility index (Phi) is 20.9. The molecule has 130 heavy (non-hydrogen) atoms. The third kappa shape index (κ3) is 14.5. The van der Waals surface area contributed by atoms with Crippen LogP contribution in [0.5, 0.6) is 0 Å². The van der Waals surface area contributed by atoms with E-state index in [9.17, 15) is 0 Å². The lowest BCUT2D eigenvalue weighted by Gasteiger charge is -2.12. The zero-order valence-electron chi connectivity index (χ0n) is 69.7. The van der Waals surface area contributed by atoms with Crippen molar-refractivity contribution >= 4 is 276 Å². The highest BCUT2D eigenvalue weighted by atomic mass is 79.9. The predicted molar refractivity (Wildman–Crippen MR) is 586 cm³/mol. The Hall–Kier alpha value is -13.1. The van der Waals surface area contributed by atoms with Crippen molar-refractivity contribution in [3.8, 4) is 77.9 Å². The summed E-state index contributed by atoms with van der Waals surface area (Å²) in [6.45, 7) is 0. The second-order valence-electron chi connectivity index (χ2n) is 33.2. The fraction of sp³-hybridized carbons (Fsp3) is 0. The normalized spacial score (nSPS) is 11.7. The second-order valence-corrected chi connectivity index (χ2v) is 41.0. The van der Waals surface area contributed by atoms with E-state index in [0.29, 0.717) is 0 Å². The minimum Gasteiger partial charge on any atom is -0.134 e. The van der Waals surface area contributed by atoms with Gasteiger partial charge in [-0.05, 0) is 238 Å². The Morgan fingerprint density at radius 2 is 0.438 bits per heavy atom. The van der Waals surface area contributed by atoms with E-state index in [4.69, 9.17) is 0 Å². The summed E-state index contributed by atoms with van der Waals surface area (Å²) >= 11 is 22.0. The van der Waals surface area contributed by atoms with Crippen LogP contribution in [0.25, 0.3) is 245 Å². The van der Waals surface area contributed by atoms with E-state index >= 15 is 0 Å². The number of fused-ring (bicyclic) bond motifs is 25. The molecule has 23 aromatic carbocycles. The van der Waals surface area contributed by atoms with Crippen molar-refractivity contribution in [1.29, 1.82) is 0 Å². The van der Waals surface area contributed by atoms with Gasteiger partial charge in [0.2, 0.25) is 0 Å². The first-order chi connectivity index (χ1) is 64.1. The molecule has 27 aromatic rings. The largest absolute Gasteiger partial charge is 0.134 e. The van der Waals surface area contributed by atoms with Gasteiger partial charge in [0, 0.05) is 110 Å². The Balaban J connectivity index is 0.0000000963. The van der Waals surface area contributed by atoms with Gasteiger partial charge in [-0.3, -0.25) is 0 Å². The second kappa shape index (κ2) is 33.8. The lowest BCUT2D eigenvalue weighted by Crippen LogP contribution is -1.86. The summed E-state index contributed by atoms with van der Waals surface area (Å²) < 4.78 is 15.3. The van der Waals surface area contributed by atoms with Crippen LogP contribution >= 0.6 is 109 Å². The Labute approximate surface area is 800 Å². The van der Waals surface area contributed by atoms with Crippen LogP contribution in [0.15, 0.2) is 455 Å². The molecule has 0 radical (unpaired) electrons. The van der Waals surface area contributed by atoms with Gasteiger partial charge in [0.1, 0.15) is 0 Å². The molecule has 0 bridgehead atoms. The first-order valence-electron chi connectivity index (χ1n) is 43.5. The topological polar surface area (TPSA) is 0 Å². The minimum absolute atomic E-state index is 1.10. The molecule has 0 amide bonds. The fourth-order valence-corrected chi connectivity index (χ4v) is 26.1. The van der Waals surface area contributed by atoms with Gasteiger partial charge >= 0.3 is 0 Å². The highest BCUT2D eigenvalue weighted by Crippen LogP contribution is 2.52. The summed E-state index contributed by atoms with van der Waals surface area (Å²) in [5.74, 6) is 0. The minimum atomic E-state index is 1.10. The molecular weight excluding hydrogens is 1910 g/mol. The van der Waals surface area contributed by atoms with E-state index in [1.54, 1.807) is 0 Å². The van der Waals surface area contributed by atoms with Crippen molar-refractivity contribution in [2.24, 2.45) is 0 Å². The van der Waals surface area contributed by atoms with Crippen LogP contribution in [-0.2, 0) is 0 Å². The summed E-state index contributed by atoms with van der Waals surface area (Å²) in [6, 6.07) is 159. The summed E-state index contributed by atoms with van der Waals surface area (Å²) in [5.41, 5.74) is 17.7. The van der Waals surface area contributed by atoms with E-state index in [-0.39, 0.29) is 0 Å². The highest BCUT2D eigenvalue weighted by molar-refractivity contribution is 9.11. The quantitative estimate of drug-likeness (QED) is 0.149. The molecule has 0 aliphatic heterocycles. The summed E-state index contributed by atoms with van der Waals surface area (Å²) in [6.07, 6.45) is 0. The molecule has 0 nitrogen and oxygen atoms in total. The maximum atomic E-state index is 3.63. The molecule has 612 valence electrons. The summed E-state index contributed by atoms with van der Waals surface area (Å²) in [7, 11) is 0. The number of halogens is 4. The monoisotopic (exact) mass is 1980 g/mol. The third-order valence-electron chi connectivity index (χ3n) is 25.6. The molecule has 0 fully saturated rings. The Morgan fingerprint density at radius 1 is 0.138 bits per heavy atom. The van der Waals surface area contributed by atoms with Crippen molar-refractivity contribution in [3.05, 3.63) is 455 Å². The molecule has 8 heteroatoms. The molecular formula is C122H72Br4S4. The molecule has 0 aliphatic carbocycles. The van der Waals surface area contributed by atoms with Crippen LogP contribution in [-0.4, -0.2) is 0 Å². The number of rotatable bonds is 7. The van der Waals surface area contributed by atoms with Crippen LogP contribution in [0.4, 0.5) is 0 Å². The van der Waals surface area contributed by atoms with E-state index in [0.717, 1.165) is 17.9 Å². The average molecular weight is 1990 g/mol. The highest BCUT2D eigenvalue weighted by Gasteiger charge is 2.23. The van der Waals surface area contributed by atoms with Crippen molar-refractivity contribution in [2.75, 3.05) is 0 Å². The molecule has 0 atom stereocenters. The molecule has 0 saturated carbocycles. The molecule has 0 unspecified atom stereocenters. The lowest BCUT2D eigenvalue weighted by atomic mass is 9.91. The van der Waals surface area contributed by atoms with Gasteiger partial charge in [-0.1, -0.05) is 416 Å². The fourth-order valence-electron chi connectivity index (χ4n) is 19.5. The van der Waals surface area contributed by atoms with Crippen molar-refractivity contribution in [2.45, 2.75) is 0 Å². The maximum absolute atomic E-state index is 3.63. The number of thiophene rings is 4. The van der Waals surface area contributed by atoms with Gasteiger partial charge in [-0.2, -0.15) is 0 Å². The van der Waals surface area contributed by atoms with Crippen LogP contribution in [0, 0.1) is 0 Å². The molecule has 4 aromatic heterocycles. The van der Waals surface area contributed by atoms with E-state index in [2.05, 4.69) is 500 Å². The smallest absolute Gasteiger partial charge is 0.0440 e. The summed E-state index contributed by atoms with van der Waals surface area (Å²) in [4.78, 5) is 0. The van der Waals surface area contributed by atoms with E-state index in [1.165, 1.54) is 245 Å². The van der Waals surface area contributed by atoms with E-state index in [1.807, 2.05) is 45.3 Å².